The zero-order chi connectivity index (χ0) is 18.7. The summed E-state index contributed by atoms with van der Waals surface area (Å²) in [5, 5.41) is 4.82. The maximum Gasteiger partial charge on any atom is 0.454 e. The molecule has 0 radical (unpaired) electrons. The Labute approximate surface area is 148 Å². The molecule has 1 heterocycles. The van der Waals surface area contributed by atoms with Crippen LogP contribution in [0.5, 0.6) is 0 Å². The molecule has 4 nitrogen and oxygen atoms in total. The zero-order valence-electron chi connectivity index (χ0n) is 13.8. The highest BCUT2D eigenvalue weighted by Gasteiger charge is 2.37. The maximum atomic E-state index is 12.5. The van der Waals surface area contributed by atoms with Crippen LogP contribution >= 0.6 is 0 Å². The second-order valence-electron chi connectivity index (χ2n) is 6.12. The highest BCUT2D eigenvalue weighted by atomic mass is 19.4. The van der Waals surface area contributed by atoms with Crippen molar-refractivity contribution in [3.05, 3.63) is 54.7 Å². The number of benzene rings is 2. The fourth-order valence-corrected chi connectivity index (χ4v) is 3.00. The molecule has 0 saturated carbocycles. The van der Waals surface area contributed by atoms with E-state index in [0.717, 1.165) is 17.0 Å². The summed E-state index contributed by atoms with van der Waals surface area (Å²) in [7, 11) is 0. The minimum atomic E-state index is -4.90. The SMILES string of the molecule is O=C(Nc1ccc2ccccc2c1)C1CCCN1/C=C/C(=O)C(F)(F)F. The van der Waals surface area contributed by atoms with Crippen molar-refractivity contribution in [2.24, 2.45) is 0 Å². The minimum Gasteiger partial charge on any atom is -0.365 e. The van der Waals surface area contributed by atoms with Crippen LogP contribution in [0.2, 0.25) is 0 Å². The Morgan fingerprint density at radius 1 is 1.12 bits per heavy atom. The summed E-state index contributed by atoms with van der Waals surface area (Å²) in [6.07, 6.45) is -2.18. The van der Waals surface area contributed by atoms with Gasteiger partial charge in [-0.05, 0) is 35.7 Å². The molecule has 2 aromatic rings. The third-order valence-electron chi connectivity index (χ3n) is 4.31. The van der Waals surface area contributed by atoms with Crippen molar-refractivity contribution in [1.29, 1.82) is 0 Å². The molecule has 1 aliphatic heterocycles. The molecule has 1 aliphatic rings. The molecule has 2 aromatic carbocycles. The predicted molar refractivity (Wildman–Crippen MR) is 92.5 cm³/mol. The highest BCUT2D eigenvalue weighted by molar-refractivity contribution is 5.98. The van der Waals surface area contributed by atoms with E-state index in [9.17, 15) is 22.8 Å². The standard InChI is InChI=1S/C19H17F3N2O2/c20-19(21,22)17(25)9-11-24-10-3-6-16(24)18(26)23-15-8-7-13-4-1-2-5-14(13)12-15/h1-2,4-5,7-9,11-12,16H,3,6,10H2,(H,23,26)/b11-9+. The quantitative estimate of drug-likeness (QED) is 0.840. The number of anilines is 1. The molecule has 3 rings (SSSR count). The van der Waals surface area contributed by atoms with Crippen molar-refractivity contribution in [2.75, 3.05) is 11.9 Å². The number of halogens is 3. The fourth-order valence-electron chi connectivity index (χ4n) is 3.00. The van der Waals surface area contributed by atoms with Crippen molar-refractivity contribution in [3.63, 3.8) is 0 Å². The number of rotatable bonds is 4. The third-order valence-corrected chi connectivity index (χ3v) is 4.31. The monoisotopic (exact) mass is 362 g/mol. The summed E-state index contributed by atoms with van der Waals surface area (Å²) < 4.78 is 36.9. The molecular formula is C19H17F3N2O2. The van der Waals surface area contributed by atoms with Gasteiger partial charge < -0.3 is 10.2 Å². The number of fused-ring (bicyclic) bond motifs is 1. The topological polar surface area (TPSA) is 49.4 Å². The van der Waals surface area contributed by atoms with Crippen LogP contribution in [0.15, 0.2) is 54.7 Å². The number of hydrogen-bond acceptors (Lipinski definition) is 3. The van der Waals surface area contributed by atoms with Gasteiger partial charge in [-0.1, -0.05) is 30.3 Å². The molecule has 1 N–H and O–H groups in total. The van der Waals surface area contributed by atoms with E-state index in [-0.39, 0.29) is 5.91 Å². The lowest BCUT2D eigenvalue weighted by Crippen LogP contribution is -2.36. The smallest absolute Gasteiger partial charge is 0.365 e. The molecule has 0 aliphatic carbocycles. The predicted octanol–water partition coefficient (Wildman–Crippen LogP) is 3.89. The molecule has 1 saturated heterocycles. The van der Waals surface area contributed by atoms with Crippen LogP contribution in [0.3, 0.4) is 0 Å². The number of likely N-dealkylation sites (tertiary alicyclic amines) is 1. The number of amides is 1. The van der Waals surface area contributed by atoms with E-state index in [1.165, 1.54) is 4.90 Å². The van der Waals surface area contributed by atoms with E-state index >= 15 is 0 Å². The van der Waals surface area contributed by atoms with Crippen molar-refractivity contribution in [3.8, 4) is 0 Å². The lowest BCUT2D eigenvalue weighted by Gasteiger charge is -2.22. The average molecular weight is 362 g/mol. The number of carbonyl (C=O) groups is 2. The van der Waals surface area contributed by atoms with E-state index in [4.69, 9.17) is 0 Å². The summed E-state index contributed by atoms with van der Waals surface area (Å²) in [6.45, 7) is 0.428. The zero-order valence-corrected chi connectivity index (χ0v) is 13.8. The number of ketones is 1. The van der Waals surface area contributed by atoms with Crippen LogP contribution in [0.25, 0.3) is 10.8 Å². The minimum absolute atomic E-state index is 0.304. The van der Waals surface area contributed by atoms with Crippen LogP contribution in [-0.2, 0) is 9.59 Å². The fraction of sp³-hybridized carbons (Fsp3) is 0.263. The van der Waals surface area contributed by atoms with Gasteiger partial charge in [-0.15, -0.1) is 0 Å². The normalized spacial score (nSPS) is 17.8. The van der Waals surface area contributed by atoms with E-state index in [2.05, 4.69) is 5.32 Å². The first-order chi connectivity index (χ1) is 12.3. The molecule has 1 atom stereocenters. The van der Waals surface area contributed by atoms with Crippen LogP contribution < -0.4 is 5.32 Å². The number of allylic oxidation sites excluding steroid dienone is 1. The molecule has 0 aromatic heterocycles. The number of nitrogens with zero attached hydrogens (tertiary/aromatic N) is 1. The first-order valence-electron chi connectivity index (χ1n) is 8.19. The lowest BCUT2D eigenvalue weighted by atomic mass is 10.1. The first-order valence-corrected chi connectivity index (χ1v) is 8.19. The number of carbonyl (C=O) groups excluding carboxylic acids is 2. The van der Waals surface area contributed by atoms with E-state index < -0.39 is 18.0 Å². The molecule has 136 valence electrons. The van der Waals surface area contributed by atoms with Crippen LogP contribution in [-0.4, -0.2) is 35.4 Å². The van der Waals surface area contributed by atoms with Gasteiger partial charge in [0, 0.05) is 24.5 Å². The van der Waals surface area contributed by atoms with Crippen molar-refractivity contribution < 1.29 is 22.8 Å². The van der Waals surface area contributed by atoms with Gasteiger partial charge in [-0.2, -0.15) is 13.2 Å². The summed E-state index contributed by atoms with van der Waals surface area (Å²) in [6, 6.07) is 12.6. The molecule has 26 heavy (non-hydrogen) atoms. The van der Waals surface area contributed by atoms with Gasteiger partial charge in [0.05, 0.1) is 0 Å². The Morgan fingerprint density at radius 2 is 1.85 bits per heavy atom. The summed E-state index contributed by atoms with van der Waals surface area (Å²) in [5.74, 6) is -2.24. The average Bonchev–Trinajstić information content (AvgIpc) is 3.07. The van der Waals surface area contributed by atoms with Gasteiger partial charge in [-0.3, -0.25) is 9.59 Å². The van der Waals surface area contributed by atoms with E-state index in [1.807, 2.05) is 36.4 Å². The van der Waals surface area contributed by atoms with Gasteiger partial charge >= 0.3 is 6.18 Å². The molecule has 0 bridgehead atoms. The van der Waals surface area contributed by atoms with Crippen molar-refractivity contribution in [1.82, 2.24) is 4.90 Å². The number of hydrogen-bond donors (Lipinski definition) is 1. The molecule has 7 heteroatoms. The largest absolute Gasteiger partial charge is 0.454 e. The summed E-state index contributed by atoms with van der Waals surface area (Å²) in [4.78, 5) is 25.0. The Bertz CT molecular complexity index is 861. The molecule has 1 fully saturated rings. The van der Waals surface area contributed by atoms with Gasteiger partial charge in [0.25, 0.3) is 5.78 Å². The van der Waals surface area contributed by atoms with Crippen molar-refractivity contribution in [2.45, 2.75) is 25.1 Å². The first kappa shape index (κ1) is 18.0. The Morgan fingerprint density at radius 3 is 2.58 bits per heavy atom. The lowest BCUT2D eigenvalue weighted by molar-refractivity contribution is -0.165. The van der Waals surface area contributed by atoms with Gasteiger partial charge in [0.1, 0.15) is 6.04 Å². The second kappa shape index (κ2) is 7.19. The molecule has 1 unspecified atom stereocenters. The van der Waals surface area contributed by atoms with Crippen LogP contribution in [0.4, 0.5) is 18.9 Å². The highest BCUT2D eigenvalue weighted by Crippen LogP contribution is 2.23. The van der Waals surface area contributed by atoms with Crippen LogP contribution in [0, 0.1) is 0 Å². The molecule has 0 spiro atoms. The van der Waals surface area contributed by atoms with E-state index in [0.29, 0.717) is 31.1 Å². The van der Waals surface area contributed by atoms with Crippen LogP contribution in [0.1, 0.15) is 12.8 Å². The molecular weight excluding hydrogens is 345 g/mol. The summed E-state index contributed by atoms with van der Waals surface area (Å²) >= 11 is 0. The number of alkyl halides is 3. The summed E-state index contributed by atoms with van der Waals surface area (Å²) in [5.41, 5.74) is 0.621. The maximum absolute atomic E-state index is 12.5. The number of nitrogens with one attached hydrogen (secondary N) is 1. The Kier molecular flexibility index (Phi) is 4.97. The third kappa shape index (κ3) is 4.04. The van der Waals surface area contributed by atoms with Gasteiger partial charge in [0.2, 0.25) is 5.91 Å². The van der Waals surface area contributed by atoms with Gasteiger partial charge in [0.15, 0.2) is 0 Å². The van der Waals surface area contributed by atoms with Gasteiger partial charge in [-0.25, -0.2) is 0 Å². The Hall–Kier alpha value is -2.83. The Balaban J connectivity index is 1.69. The molecule has 1 amide bonds. The van der Waals surface area contributed by atoms with E-state index in [1.54, 1.807) is 6.07 Å². The second-order valence-corrected chi connectivity index (χ2v) is 6.12. The van der Waals surface area contributed by atoms with Crippen molar-refractivity contribution >= 4 is 28.2 Å².